The van der Waals surface area contributed by atoms with Crippen molar-refractivity contribution in [2.24, 2.45) is 0 Å². The average Bonchev–Trinajstić information content (AvgIpc) is 1.82. The minimum atomic E-state index is 0.628. The Bertz CT molecular complexity index is 149. The van der Waals surface area contributed by atoms with E-state index >= 15 is 0 Å². The standard InChI is InChI=1S/C9H17N/c1-7-5-8(2)10(4)9(3)6-7/h5,8-9H,6H2,1-4H3. The summed E-state index contributed by atoms with van der Waals surface area (Å²) in [7, 11) is 2.19. The summed E-state index contributed by atoms with van der Waals surface area (Å²) in [6.07, 6.45) is 3.58. The second-order valence-electron chi connectivity index (χ2n) is 3.47. The van der Waals surface area contributed by atoms with Crippen molar-refractivity contribution in [1.29, 1.82) is 0 Å². The molecule has 1 aliphatic heterocycles. The van der Waals surface area contributed by atoms with Crippen molar-refractivity contribution in [1.82, 2.24) is 4.90 Å². The van der Waals surface area contributed by atoms with Gasteiger partial charge in [0.05, 0.1) is 0 Å². The van der Waals surface area contributed by atoms with Crippen molar-refractivity contribution in [3.63, 3.8) is 0 Å². The van der Waals surface area contributed by atoms with Crippen LogP contribution < -0.4 is 0 Å². The number of rotatable bonds is 0. The molecule has 2 unspecified atom stereocenters. The summed E-state index contributed by atoms with van der Waals surface area (Å²) in [4.78, 5) is 2.41. The summed E-state index contributed by atoms with van der Waals surface area (Å²) in [5.74, 6) is 0. The zero-order chi connectivity index (χ0) is 7.72. The van der Waals surface area contributed by atoms with Gasteiger partial charge in [-0.15, -0.1) is 0 Å². The fourth-order valence-corrected chi connectivity index (χ4v) is 1.61. The highest BCUT2D eigenvalue weighted by molar-refractivity contribution is 5.09. The van der Waals surface area contributed by atoms with Crippen LogP contribution in [-0.4, -0.2) is 24.0 Å². The van der Waals surface area contributed by atoms with Crippen molar-refractivity contribution in [2.75, 3.05) is 7.05 Å². The maximum absolute atomic E-state index is 2.41. The van der Waals surface area contributed by atoms with Crippen molar-refractivity contribution in [3.05, 3.63) is 11.6 Å². The van der Waals surface area contributed by atoms with E-state index in [9.17, 15) is 0 Å². The van der Waals surface area contributed by atoms with Gasteiger partial charge in [0.2, 0.25) is 0 Å². The molecule has 0 aromatic carbocycles. The average molecular weight is 139 g/mol. The Labute approximate surface area is 63.7 Å². The third kappa shape index (κ3) is 1.40. The Balaban J connectivity index is 2.69. The lowest BCUT2D eigenvalue weighted by atomic mass is 9.99. The first-order valence-corrected chi connectivity index (χ1v) is 4.00. The molecule has 1 heteroatoms. The largest absolute Gasteiger partial charge is 0.297 e. The van der Waals surface area contributed by atoms with E-state index in [1.54, 1.807) is 0 Å². The molecule has 0 N–H and O–H groups in total. The fourth-order valence-electron chi connectivity index (χ4n) is 1.61. The van der Waals surface area contributed by atoms with Crippen LogP contribution in [0.4, 0.5) is 0 Å². The zero-order valence-corrected chi connectivity index (χ0v) is 7.39. The predicted molar refractivity (Wildman–Crippen MR) is 45.1 cm³/mol. The van der Waals surface area contributed by atoms with Crippen LogP contribution in [0.3, 0.4) is 0 Å². The lowest BCUT2D eigenvalue weighted by Crippen LogP contribution is -2.38. The van der Waals surface area contributed by atoms with Crippen LogP contribution in [0.15, 0.2) is 11.6 Å². The lowest BCUT2D eigenvalue weighted by molar-refractivity contribution is 0.211. The van der Waals surface area contributed by atoms with Crippen molar-refractivity contribution in [2.45, 2.75) is 39.3 Å². The molecule has 0 fully saturated rings. The Morgan fingerprint density at radius 1 is 1.50 bits per heavy atom. The van der Waals surface area contributed by atoms with Gasteiger partial charge in [0.1, 0.15) is 0 Å². The minimum Gasteiger partial charge on any atom is -0.297 e. The summed E-state index contributed by atoms with van der Waals surface area (Å²) >= 11 is 0. The summed E-state index contributed by atoms with van der Waals surface area (Å²) in [6.45, 7) is 6.76. The summed E-state index contributed by atoms with van der Waals surface area (Å²) < 4.78 is 0. The van der Waals surface area contributed by atoms with E-state index < -0.39 is 0 Å². The molecule has 1 nitrogen and oxygen atoms in total. The van der Waals surface area contributed by atoms with E-state index in [2.05, 4.69) is 38.8 Å². The van der Waals surface area contributed by atoms with Gasteiger partial charge in [-0.25, -0.2) is 0 Å². The van der Waals surface area contributed by atoms with Gasteiger partial charge in [0.15, 0.2) is 0 Å². The van der Waals surface area contributed by atoms with Gasteiger partial charge in [0.25, 0.3) is 0 Å². The summed E-state index contributed by atoms with van der Waals surface area (Å²) in [5.41, 5.74) is 1.54. The van der Waals surface area contributed by atoms with E-state index in [4.69, 9.17) is 0 Å². The van der Waals surface area contributed by atoms with Crippen LogP contribution in [0.25, 0.3) is 0 Å². The molecule has 0 aromatic heterocycles. The quantitative estimate of drug-likeness (QED) is 0.464. The second kappa shape index (κ2) is 2.75. The van der Waals surface area contributed by atoms with E-state index in [-0.39, 0.29) is 0 Å². The molecule has 0 aliphatic carbocycles. The first-order valence-electron chi connectivity index (χ1n) is 4.00. The highest BCUT2D eigenvalue weighted by atomic mass is 15.1. The smallest absolute Gasteiger partial charge is 0.0252 e. The maximum atomic E-state index is 2.41. The van der Waals surface area contributed by atoms with Gasteiger partial charge >= 0.3 is 0 Å². The summed E-state index contributed by atoms with van der Waals surface area (Å²) in [6, 6.07) is 1.35. The second-order valence-corrected chi connectivity index (χ2v) is 3.47. The van der Waals surface area contributed by atoms with Crippen LogP contribution in [0.1, 0.15) is 27.2 Å². The van der Waals surface area contributed by atoms with Gasteiger partial charge < -0.3 is 0 Å². The third-order valence-corrected chi connectivity index (χ3v) is 2.48. The van der Waals surface area contributed by atoms with Crippen molar-refractivity contribution >= 4 is 0 Å². The zero-order valence-electron chi connectivity index (χ0n) is 7.39. The van der Waals surface area contributed by atoms with Gasteiger partial charge in [-0.1, -0.05) is 11.6 Å². The molecule has 1 rings (SSSR count). The molecule has 1 heterocycles. The Morgan fingerprint density at radius 3 is 2.60 bits per heavy atom. The van der Waals surface area contributed by atoms with E-state index in [0.29, 0.717) is 6.04 Å². The van der Waals surface area contributed by atoms with Crippen LogP contribution in [-0.2, 0) is 0 Å². The van der Waals surface area contributed by atoms with Gasteiger partial charge in [-0.05, 0) is 34.2 Å². The number of hydrogen-bond donors (Lipinski definition) is 0. The fraction of sp³-hybridized carbons (Fsp3) is 0.778. The van der Waals surface area contributed by atoms with Gasteiger partial charge in [-0.3, -0.25) is 4.90 Å². The summed E-state index contributed by atoms with van der Waals surface area (Å²) in [5, 5.41) is 0. The van der Waals surface area contributed by atoms with Gasteiger partial charge in [0, 0.05) is 12.1 Å². The molecule has 2 atom stereocenters. The van der Waals surface area contributed by atoms with Crippen LogP contribution in [0, 0.1) is 0 Å². The Morgan fingerprint density at radius 2 is 2.10 bits per heavy atom. The highest BCUT2D eigenvalue weighted by Gasteiger charge is 2.18. The Hall–Kier alpha value is -0.300. The molecule has 0 spiro atoms. The number of hydrogen-bond acceptors (Lipinski definition) is 1. The SMILES string of the molecule is CC1=CC(C)N(C)C(C)C1. The molecule has 0 saturated heterocycles. The predicted octanol–water partition coefficient (Wildman–Crippen LogP) is 2.05. The van der Waals surface area contributed by atoms with Crippen LogP contribution in [0.2, 0.25) is 0 Å². The van der Waals surface area contributed by atoms with E-state index in [1.165, 1.54) is 12.0 Å². The number of likely N-dealkylation sites (N-methyl/N-ethyl adjacent to an activating group) is 1. The normalized spacial score (nSPS) is 35.8. The van der Waals surface area contributed by atoms with Gasteiger partial charge in [-0.2, -0.15) is 0 Å². The molecular weight excluding hydrogens is 122 g/mol. The molecule has 10 heavy (non-hydrogen) atoms. The molecule has 0 bridgehead atoms. The molecule has 0 radical (unpaired) electrons. The first kappa shape index (κ1) is 7.80. The first-order chi connectivity index (χ1) is 4.61. The molecular formula is C9H17N. The van der Waals surface area contributed by atoms with Crippen LogP contribution >= 0.6 is 0 Å². The highest BCUT2D eigenvalue weighted by Crippen LogP contribution is 2.19. The maximum Gasteiger partial charge on any atom is 0.0252 e. The third-order valence-electron chi connectivity index (χ3n) is 2.48. The molecule has 58 valence electrons. The monoisotopic (exact) mass is 139 g/mol. The molecule has 0 amide bonds. The lowest BCUT2D eigenvalue weighted by Gasteiger charge is -2.33. The topological polar surface area (TPSA) is 3.24 Å². The number of nitrogens with zero attached hydrogens (tertiary/aromatic N) is 1. The molecule has 0 aromatic rings. The molecule has 1 aliphatic rings. The van der Waals surface area contributed by atoms with Crippen molar-refractivity contribution in [3.8, 4) is 0 Å². The van der Waals surface area contributed by atoms with Crippen molar-refractivity contribution < 1.29 is 0 Å². The van der Waals surface area contributed by atoms with Crippen LogP contribution in [0.5, 0.6) is 0 Å². The van der Waals surface area contributed by atoms with E-state index in [0.717, 1.165) is 6.04 Å². The molecule has 0 saturated carbocycles. The minimum absolute atomic E-state index is 0.628. The van der Waals surface area contributed by atoms with E-state index in [1.807, 2.05) is 0 Å². The Kier molecular flexibility index (Phi) is 2.14.